The van der Waals surface area contributed by atoms with Crippen molar-refractivity contribution in [2.75, 3.05) is 6.26 Å². The molecule has 1 aromatic carbocycles. The second-order valence-corrected chi connectivity index (χ2v) is 6.65. The lowest BCUT2D eigenvalue weighted by atomic mass is 10.0. The van der Waals surface area contributed by atoms with Gasteiger partial charge in [0, 0.05) is 11.8 Å². The van der Waals surface area contributed by atoms with Gasteiger partial charge in [0.05, 0.1) is 0 Å². The summed E-state index contributed by atoms with van der Waals surface area (Å²) in [6, 6.07) is 7.20. The predicted octanol–water partition coefficient (Wildman–Crippen LogP) is 2.25. The van der Waals surface area contributed by atoms with E-state index in [4.69, 9.17) is 0 Å². The van der Waals surface area contributed by atoms with Crippen molar-refractivity contribution in [1.82, 2.24) is 0 Å². The summed E-state index contributed by atoms with van der Waals surface area (Å²) in [4.78, 5) is 12.0. The van der Waals surface area contributed by atoms with Gasteiger partial charge < -0.3 is 0 Å². The van der Waals surface area contributed by atoms with Crippen LogP contribution in [-0.2, 0) is 16.3 Å². The van der Waals surface area contributed by atoms with Crippen LogP contribution in [0.4, 0.5) is 0 Å². The lowest BCUT2D eigenvalue weighted by Gasteiger charge is -2.09. The molecule has 3 nitrogen and oxygen atoms in total. The van der Waals surface area contributed by atoms with Gasteiger partial charge >= 0.3 is 0 Å². The molecular formula is C13H18O3S. The summed E-state index contributed by atoms with van der Waals surface area (Å²) < 4.78 is 22.7. The standard InChI is InChI=1S/C13H18O3S/c1-4-6-11-7-5-8-12(9-11)13(14)10(2)17(3,15)16/h5,7-10H,4,6H2,1-3H3. The largest absolute Gasteiger partial charge is 0.293 e. The zero-order valence-corrected chi connectivity index (χ0v) is 11.3. The molecule has 0 aromatic heterocycles. The number of hydrogen-bond acceptors (Lipinski definition) is 3. The quantitative estimate of drug-likeness (QED) is 0.757. The lowest BCUT2D eigenvalue weighted by Crippen LogP contribution is -2.26. The molecule has 0 saturated heterocycles. The van der Waals surface area contributed by atoms with Crippen molar-refractivity contribution in [1.29, 1.82) is 0 Å². The summed E-state index contributed by atoms with van der Waals surface area (Å²) in [6.45, 7) is 3.50. The third kappa shape index (κ3) is 3.66. The van der Waals surface area contributed by atoms with Crippen LogP contribution in [0, 0.1) is 0 Å². The van der Waals surface area contributed by atoms with E-state index in [0.29, 0.717) is 5.56 Å². The molecule has 0 aliphatic heterocycles. The van der Waals surface area contributed by atoms with Gasteiger partial charge in [0.1, 0.15) is 5.25 Å². The number of aryl methyl sites for hydroxylation is 1. The smallest absolute Gasteiger partial charge is 0.180 e. The number of carbonyl (C=O) groups is 1. The first kappa shape index (κ1) is 13.9. The van der Waals surface area contributed by atoms with E-state index in [1.807, 2.05) is 6.07 Å². The third-order valence-corrected chi connectivity index (χ3v) is 4.26. The van der Waals surface area contributed by atoms with E-state index in [2.05, 4.69) is 6.92 Å². The second-order valence-electron chi connectivity index (χ2n) is 4.29. The zero-order chi connectivity index (χ0) is 13.1. The first-order valence-electron chi connectivity index (χ1n) is 5.68. The molecule has 0 spiro atoms. The van der Waals surface area contributed by atoms with Gasteiger partial charge in [0.15, 0.2) is 15.6 Å². The first-order valence-corrected chi connectivity index (χ1v) is 7.63. The normalized spacial score (nSPS) is 13.4. The molecule has 1 aromatic rings. The Kier molecular flexibility index (Phi) is 4.46. The van der Waals surface area contributed by atoms with Gasteiger partial charge in [-0.25, -0.2) is 8.42 Å². The monoisotopic (exact) mass is 254 g/mol. The van der Waals surface area contributed by atoms with E-state index in [-0.39, 0.29) is 5.78 Å². The molecule has 1 rings (SSSR count). The Hall–Kier alpha value is -1.16. The number of sulfone groups is 1. The predicted molar refractivity (Wildman–Crippen MR) is 69.1 cm³/mol. The van der Waals surface area contributed by atoms with E-state index in [1.165, 1.54) is 6.92 Å². The van der Waals surface area contributed by atoms with Crippen LogP contribution in [0.5, 0.6) is 0 Å². The maximum Gasteiger partial charge on any atom is 0.180 e. The molecule has 0 heterocycles. The Bertz CT molecular complexity index is 503. The Morgan fingerprint density at radius 1 is 1.35 bits per heavy atom. The van der Waals surface area contributed by atoms with Crippen LogP contribution in [0.15, 0.2) is 24.3 Å². The Morgan fingerprint density at radius 2 is 2.00 bits per heavy atom. The summed E-state index contributed by atoms with van der Waals surface area (Å²) in [5, 5.41) is -0.973. The molecule has 0 amide bonds. The summed E-state index contributed by atoms with van der Waals surface area (Å²) in [6.07, 6.45) is 2.99. The van der Waals surface area contributed by atoms with E-state index in [9.17, 15) is 13.2 Å². The minimum Gasteiger partial charge on any atom is -0.293 e. The highest BCUT2D eigenvalue weighted by Crippen LogP contribution is 2.12. The van der Waals surface area contributed by atoms with Crippen LogP contribution in [0.1, 0.15) is 36.2 Å². The molecule has 17 heavy (non-hydrogen) atoms. The summed E-state index contributed by atoms with van der Waals surface area (Å²) in [7, 11) is -3.32. The molecule has 0 N–H and O–H groups in total. The van der Waals surface area contributed by atoms with Gasteiger partial charge in [-0.1, -0.05) is 31.5 Å². The number of benzene rings is 1. The minimum atomic E-state index is -3.32. The van der Waals surface area contributed by atoms with E-state index < -0.39 is 15.1 Å². The fourth-order valence-electron chi connectivity index (χ4n) is 1.60. The van der Waals surface area contributed by atoms with Gasteiger partial charge in [0.25, 0.3) is 0 Å². The number of hydrogen-bond donors (Lipinski definition) is 0. The molecule has 0 aliphatic carbocycles. The number of Topliss-reactive ketones (excluding diaryl/α,β-unsaturated/α-hetero) is 1. The highest BCUT2D eigenvalue weighted by Gasteiger charge is 2.24. The Balaban J connectivity index is 3.01. The van der Waals surface area contributed by atoms with Crippen LogP contribution in [0.25, 0.3) is 0 Å². The van der Waals surface area contributed by atoms with E-state index in [1.54, 1.807) is 18.2 Å². The number of rotatable bonds is 5. The van der Waals surface area contributed by atoms with Gasteiger partial charge in [-0.2, -0.15) is 0 Å². The highest BCUT2D eigenvalue weighted by molar-refractivity contribution is 7.92. The molecular weight excluding hydrogens is 236 g/mol. The van der Waals surface area contributed by atoms with E-state index in [0.717, 1.165) is 24.7 Å². The Labute approximate surface area is 103 Å². The van der Waals surface area contributed by atoms with Crippen LogP contribution in [0.2, 0.25) is 0 Å². The molecule has 1 atom stereocenters. The maximum absolute atomic E-state index is 12.0. The topological polar surface area (TPSA) is 51.2 Å². The SMILES string of the molecule is CCCc1cccc(C(=O)C(C)S(C)(=O)=O)c1. The first-order chi connectivity index (χ1) is 7.86. The summed E-state index contributed by atoms with van der Waals surface area (Å²) >= 11 is 0. The Morgan fingerprint density at radius 3 is 2.53 bits per heavy atom. The van der Waals surface area contributed by atoms with Crippen LogP contribution in [-0.4, -0.2) is 25.7 Å². The molecule has 0 bridgehead atoms. The average molecular weight is 254 g/mol. The van der Waals surface area contributed by atoms with Crippen molar-refractivity contribution >= 4 is 15.6 Å². The molecule has 0 radical (unpaired) electrons. The zero-order valence-electron chi connectivity index (χ0n) is 10.4. The second kappa shape index (κ2) is 5.45. The van der Waals surface area contributed by atoms with Gasteiger partial charge in [-0.15, -0.1) is 0 Å². The molecule has 4 heteroatoms. The molecule has 0 aliphatic rings. The van der Waals surface area contributed by atoms with Crippen molar-refractivity contribution in [2.45, 2.75) is 31.9 Å². The van der Waals surface area contributed by atoms with Crippen molar-refractivity contribution in [3.8, 4) is 0 Å². The number of ketones is 1. The minimum absolute atomic E-state index is 0.328. The van der Waals surface area contributed by atoms with Crippen LogP contribution < -0.4 is 0 Å². The number of carbonyl (C=O) groups excluding carboxylic acids is 1. The van der Waals surface area contributed by atoms with Crippen molar-refractivity contribution in [3.05, 3.63) is 35.4 Å². The summed E-state index contributed by atoms with van der Waals surface area (Å²) in [5.74, 6) is -0.328. The van der Waals surface area contributed by atoms with Crippen LogP contribution in [0.3, 0.4) is 0 Å². The molecule has 94 valence electrons. The highest BCUT2D eigenvalue weighted by atomic mass is 32.2. The summed E-state index contributed by atoms with van der Waals surface area (Å²) in [5.41, 5.74) is 1.55. The average Bonchev–Trinajstić information content (AvgIpc) is 2.27. The van der Waals surface area contributed by atoms with Crippen molar-refractivity contribution in [3.63, 3.8) is 0 Å². The van der Waals surface area contributed by atoms with Crippen molar-refractivity contribution < 1.29 is 13.2 Å². The molecule has 0 saturated carbocycles. The van der Waals surface area contributed by atoms with Gasteiger partial charge in [-0.3, -0.25) is 4.79 Å². The fourth-order valence-corrected chi connectivity index (χ4v) is 2.12. The third-order valence-electron chi connectivity index (χ3n) is 2.76. The van der Waals surface area contributed by atoms with Gasteiger partial charge in [0.2, 0.25) is 0 Å². The van der Waals surface area contributed by atoms with Crippen LogP contribution >= 0.6 is 0 Å². The molecule has 1 unspecified atom stereocenters. The molecule has 0 fully saturated rings. The maximum atomic E-state index is 12.0. The van der Waals surface area contributed by atoms with E-state index >= 15 is 0 Å². The van der Waals surface area contributed by atoms with Gasteiger partial charge in [-0.05, 0) is 25.0 Å². The fraction of sp³-hybridized carbons (Fsp3) is 0.462. The lowest BCUT2D eigenvalue weighted by molar-refractivity contribution is 0.0991. The van der Waals surface area contributed by atoms with Crippen molar-refractivity contribution in [2.24, 2.45) is 0 Å².